The lowest BCUT2D eigenvalue weighted by molar-refractivity contribution is -0.151. The molecular formula is C36H53NO8. The number of epoxide rings is 1. The van der Waals surface area contributed by atoms with Crippen LogP contribution in [0.15, 0.2) is 66.3 Å². The molecule has 4 N–H and O–H groups in total. The lowest BCUT2D eigenvalue weighted by Crippen LogP contribution is -2.54. The first kappa shape index (κ1) is 36.6. The SMILES string of the molecule is CC[C@H](OC)[C@@H](C)[C@H]1O[C@@H]1C(NC(=O)c1ccccc1)C(C)(O)/C=C/C=C(\C)C1OC(=O)C[C@H](O)CC[C@@](C)(O)C/C=C/[C@@H]1C. The van der Waals surface area contributed by atoms with Crippen molar-refractivity contribution < 1.29 is 39.1 Å². The average molecular weight is 628 g/mol. The van der Waals surface area contributed by atoms with Gasteiger partial charge in [-0.1, -0.05) is 69.4 Å². The van der Waals surface area contributed by atoms with E-state index in [4.69, 9.17) is 14.2 Å². The number of esters is 1. The number of rotatable bonds is 11. The van der Waals surface area contributed by atoms with Gasteiger partial charge in [0, 0.05) is 24.5 Å². The van der Waals surface area contributed by atoms with E-state index in [1.54, 1.807) is 63.5 Å². The Bertz CT molecular complexity index is 1200. The van der Waals surface area contributed by atoms with Crippen molar-refractivity contribution in [3.63, 3.8) is 0 Å². The standard InChI is InChI=1S/C36H53NO8/c1-8-28(43-7)25(4)31-32(45-31)33(37-34(40)26-16-10-9-11-17-26)36(6,42)20-13-15-24(3)30-23(2)14-12-19-35(5,41)21-18-27(38)22-29(39)44-30/h9-17,20,23,25,27-28,30-33,38,41-42H,8,18-19,21-22H2,1-7H3,(H,37,40)/b14-12+,20-13+,24-15+/t23-,25+,27+,28-,30?,31+,32-,33?,35-,36?/m0/s1. The van der Waals surface area contributed by atoms with Crippen LogP contribution in [0.1, 0.15) is 84.0 Å². The molecule has 0 bridgehead atoms. The molecule has 1 amide bonds. The molecule has 0 aliphatic carbocycles. The molecule has 1 fully saturated rings. The van der Waals surface area contributed by atoms with Gasteiger partial charge in [-0.3, -0.25) is 9.59 Å². The number of aliphatic hydroxyl groups is 3. The molecule has 0 aromatic heterocycles. The third kappa shape index (κ3) is 10.6. The number of carbonyl (C=O) groups excluding carboxylic acids is 2. The molecule has 250 valence electrons. The molecule has 2 aliphatic heterocycles. The fourth-order valence-corrected chi connectivity index (χ4v) is 6.08. The Morgan fingerprint density at radius 2 is 1.96 bits per heavy atom. The van der Waals surface area contributed by atoms with Gasteiger partial charge in [-0.15, -0.1) is 0 Å². The fraction of sp³-hybridized carbons (Fsp3) is 0.611. The van der Waals surface area contributed by atoms with E-state index in [2.05, 4.69) is 12.2 Å². The van der Waals surface area contributed by atoms with Gasteiger partial charge in [-0.25, -0.2) is 0 Å². The summed E-state index contributed by atoms with van der Waals surface area (Å²) in [5, 5.41) is 35.7. The van der Waals surface area contributed by atoms with Crippen LogP contribution in [-0.4, -0.2) is 82.1 Å². The smallest absolute Gasteiger partial charge is 0.309 e. The van der Waals surface area contributed by atoms with Gasteiger partial charge >= 0.3 is 5.97 Å². The molecule has 1 saturated heterocycles. The van der Waals surface area contributed by atoms with Crippen LogP contribution in [0.25, 0.3) is 0 Å². The van der Waals surface area contributed by atoms with Crippen LogP contribution in [0.2, 0.25) is 0 Å². The van der Waals surface area contributed by atoms with Gasteiger partial charge < -0.3 is 34.8 Å². The molecule has 9 heteroatoms. The summed E-state index contributed by atoms with van der Waals surface area (Å²) in [4.78, 5) is 25.9. The highest BCUT2D eigenvalue weighted by molar-refractivity contribution is 5.94. The average Bonchev–Trinajstić information content (AvgIpc) is 3.78. The van der Waals surface area contributed by atoms with Gasteiger partial charge in [-0.05, 0) is 64.2 Å². The second kappa shape index (κ2) is 16.1. The fourth-order valence-electron chi connectivity index (χ4n) is 6.08. The van der Waals surface area contributed by atoms with Gasteiger partial charge in [-0.2, -0.15) is 0 Å². The molecule has 3 unspecified atom stereocenters. The van der Waals surface area contributed by atoms with E-state index in [1.165, 1.54) is 0 Å². The van der Waals surface area contributed by atoms with Crippen LogP contribution in [0.3, 0.4) is 0 Å². The maximum absolute atomic E-state index is 13.2. The molecule has 45 heavy (non-hydrogen) atoms. The lowest BCUT2D eigenvalue weighted by atomic mass is 9.87. The summed E-state index contributed by atoms with van der Waals surface area (Å²) in [5.41, 5.74) is -1.27. The molecule has 0 radical (unpaired) electrons. The molecule has 10 atom stereocenters. The molecule has 1 aromatic rings. The van der Waals surface area contributed by atoms with E-state index in [-0.39, 0.29) is 36.4 Å². The number of allylic oxidation sites excluding steroid dienone is 2. The maximum Gasteiger partial charge on any atom is 0.309 e. The molecular weight excluding hydrogens is 574 g/mol. The number of hydrogen-bond acceptors (Lipinski definition) is 8. The second-order valence-electron chi connectivity index (χ2n) is 13.2. The van der Waals surface area contributed by atoms with Crippen LogP contribution < -0.4 is 5.32 Å². The van der Waals surface area contributed by atoms with Crippen LogP contribution in [0.5, 0.6) is 0 Å². The Balaban J connectivity index is 1.84. The van der Waals surface area contributed by atoms with E-state index in [9.17, 15) is 24.9 Å². The summed E-state index contributed by atoms with van der Waals surface area (Å²) in [6.07, 6.45) is 8.44. The number of amides is 1. The normalized spacial score (nSPS) is 32.3. The van der Waals surface area contributed by atoms with Crippen molar-refractivity contribution in [2.75, 3.05) is 7.11 Å². The van der Waals surface area contributed by atoms with E-state index in [0.717, 1.165) is 12.0 Å². The van der Waals surface area contributed by atoms with Crippen molar-refractivity contribution in [2.24, 2.45) is 11.8 Å². The van der Waals surface area contributed by atoms with Crippen LogP contribution >= 0.6 is 0 Å². The number of ether oxygens (including phenoxy) is 3. The van der Waals surface area contributed by atoms with Gasteiger partial charge in [0.15, 0.2) is 0 Å². The van der Waals surface area contributed by atoms with Crippen molar-refractivity contribution in [3.8, 4) is 0 Å². The highest BCUT2D eigenvalue weighted by Gasteiger charge is 2.54. The molecule has 0 saturated carbocycles. The largest absolute Gasteiger partial charge is 0.457 e. The number of hydrogen-bond donors (Lipinski definition) is 4. The van der Waals surface area contributed by atoms with E-state index >= 15 is 0 Å². The topological polar surface area (TPSA) is 138 Å². The zero-order chi connectivity index (χ0) is 33.4. The van der Waals surface area contributed by atoms with Crippen molar-refractivity contribution in [2.45, 2.75) is 121 Å². The molecule has 1 aromatic carbocycles. The van der Waals surface area contributed by atoms with Crippen LogP contribution in [-0.2, 0) is 19.0 Å². The van der Waals surface area contributed by atoms with Crippen molar-refractivity contribution in [3.05, 3.63) is 71.8 Å². The predicted molar refractivity (Wildman–Crippen MR) is 173 cm³/mol. The molecule has 3 rings (SSSR count). The summed E-state index contributed by atoms with van der Waals surface area (Å²) in [5.74, 6) is -0.995. The highest BCUT2D eigenvalue weighted by Crippen LogP contribution is 2.39. The quantitative estimate of drug-likeness (QED) is 0.120. The summed E-state index contributed by atoms with van der Waals surface area (Å²) in [6, 6.07) is 8.08. The minimum Gasteiger partial charge on any atom is -0.457 e. The summed E-state index contributed by atoms with van der Waals surface area (Å²) >= 11 is 0. The van der Waals surface area contributed by atoms with Crippen molar-refractivity contribution >= 4 is 11.9 Å². The van der Waals surface area contributed by atoms with Gasteiger partial charge in [0.2, 0.25) is 0 Å². The number of methoxy groups -OCH3 is 1. The molecule has 0 spiro atoms. The minimum absolute atomic E-state index is 0.0199. The predicted octanol–water partition coefficient (Wildman–Crippen LogP) is 4.66. The lowest BCUT2D eigenvalue weighted by Gasteiger charge is -2.31. The Kier molecular flexibility index (Phi) is 13.1. The second-order valence-corrected chi connectivity index (χ2v) is 13.2. The number of carbonyl (C=O) groups is 2. The number of cyclic esters (lactones) is 1. The third-order valence-electron chi connectivity index (χ3n) is 9.05. The zero-order valence-corrected chi connectivity index (χ0v) is 27.8. The first-order valence-electron chi connectivity index (χ1n) is 16.1. The Morgan fingerprint density at radius 1 is 1.27 bits per heavy atom. The maximum atomic E-state index is 13.2. The first-order valence-corrected chi connectivity index (χ1v) is 16.1. The summed E-state index contributed by atoms with van der Waals surface area (Å²) < 4.78 is 17.5. The highest BCUT2D eigenvalue weighted by atomic mass is 16.6. The molecule has 2 aliphatic rings. The third-order valence-corrected chi connectivity index (χ3v) is 9.05. The Morgan fingerprint density at radius 3 is 2.60 bits per heavy atom. The minimum atomic E-state index is -1.50. The van der Waals surface area contributed by atoms with Gasteiger partial charge in [0.25, 0.3) is 5.91 Å². The summed E-state index contributed by atoms with van der Waals surface area (Å²) in [7, 11) is 1.67. The van der Waals surface area contributed by atoms with E-state index in [1.807, 2.05) is 39.0 Å². The van der Waals surface area contributed by atoms with Gasteiger partial charge in [0.1, 0.15) is 17.8 Å². The number of benzene rings is 1. The van der Waals surface area contributed by atoms with Crippen LogP contribution in [0.4, 0.5) is 0 Å². The van der Waals surface area contributed by atoms with Crippen molar-refractivity contribution in [1.29, 1.82) is 0 Å². The monoisotopic (exact) mass is 627 g/mol. The molecule has 2 heterocycles. The van der Waals surface area contributed by atoms with Crippen molar-refractivity contribution in [1.82, 2.24) is 5.32 Å². The molecule has 9 nitrogen and oxygen atoms in total. The first-order chi connectivity index (χ1) is 21.2. The van der Waals surface area contributed by atoms with Gasteiger partial charge in [0.05, 0.1) is 36.4 Å². The van der Waals surface area contributed by atoms with E-state index in [0.29, 0.717) is 24.8 Å². The Hall–Kier alpha value is -2.82. The summed E-state index contributed by atoms with van der Waals surface area (Å²) in [6.45, 7) is 11.2. The number of aliphatic hydroxyl groups excluding tert-OH is 1. The zero-order valence-electron chi connectivity index (χ0n) is 27.8. The Labute approximate surface area is 268 Å². The number of nitrogens with one attached hydrogen (secondary N) is 1. The van der Waals surface area contributed by atoms with E-state index < -0.39 is 41.5 Å². The van der Waals surface area contributed by atoms with Crippen LogP contribution in [0, 0.1) is 11.8 Å².